The molecular formula is C27H29N5O5S. The summed E-state index contributed by atoms with van der Waals surface area (Å²) in [5.74, 6) is -0.486. The number of carbonyl (C=O) groups is 1. The van der Waals surface area contributed by atoms with Gasteiger partial charge in [0.1, 0.15) is 5.69 Å². The average Bonchev–Trinajstić information content (AvgIpc) is 2.90. The first-order valence-electron chi connectivity index (χ1n) is 11.9. The number of amides is 1. The molecule has 0 saturated heterocycles. The number of rotatable bonds is 8. The van der Waals surface area contributed by atoms with E-state index < -0.39 is 15.9 Å². The van der Waals surface area contributed by atoms with Gasteiger partial charge in [0.15, 0.2) is 0 Å². The number of anilines is 1. The zero-order chi connectivity index (χ0) is 27.6. The number of nitrogens with one attached hydrogen (secondary N) is 2. The Balaban J connectivity index is 1.74. The van der Waals surface area contributed by atoms with Gasteiger partial charge < -0.3 is 10.1 Å². The largest absolute Gasteiger partial charge is 0.480 e. The van der Waals surface area contributed by atoms with Gasteiger partial charge in [0.2, 0.25) is 11.8 Å². The third-order valence-electron chi connectivity index (χ3n) is 6.24. The van der Waals surface area contributed by atoms with Gasteiger partial charge in [-0.2, -0.15) is 0 Å². The Labute approximate surface area is 220 Å². The van der Waals surface area contributed by atoms with Gasteiger partial charge in [-0.15, -0.1) is 0 Å². The van der Waals surface area contributed by atoms with Crippen molar-refractivity contribution in [3.05, 3.63) is 76.5 Å². The number of fused-ring (bicyclic) bond motifs is 1. The molecule has 4 rings (SSSR count). The normalized spacial score (nSPS) is 12.2. The Morgan fingerprint density at radius 3 is 2.55 bits per heavy atom. The maximum atomic E-state index is 13.2. The number of hydrogen-bond donors (Lipinski definition) is 2. The second-order valence-electron chi connectivity index (χ2n) is 9.10. The van der Waals surface area contributed by atoms with Crippen LogP contribution in [0.4, 0.5) is 5.69 Å². The van der Waals surface area contributed by atoms with Gasteiger partial charge in [-0.25, -0.2) is 18.4 Å². The summed E-state index contributed by atoms with van der Waals surface area (Å²) in [6.45, 7) is 5.46. The molecule has 2 N–H and O–H groups in total. The molecule has 10 nitrogen and oxygen atoms in total. The third-order valence-corrected chi connectivity index (χ3v) is 7.75. The van der Waals surface area contributed by atoms with E-state index in [1.807, 2.05) is 13.0 Å². The number of carbonyl (C=O) groups excluding carboxylic acids is 1. The van der Waals surface area contributed by atoms with Crippen LogP contribution in [-0.2, 0) is 21.4 Å². The lowest BCUT2D eigenvalue weighted by atomic mass is 10.0. The number of hydrogen-bond acceptors (Lipinski definition) is 7. The second kappa shape index (κ2) is 10.6. The highest BCUT2D eigenvalue weighted by molar-refractivity contribution is 7.92. The monoisotopic (exact) mass is 535 g/mol. The lowest BCUT2D eigenvalue weighted by molar-refractivity contribution is -0.124. The molecule has 2 aromatic heterocycles. The molecule has 1 amide bonds. The number of pyridine rings is 1. The predicted molar refractivity (Wildman–Crippen MR) is 146 cm³/mol. The maximum Gasteiger partial charge on any atom is 0.262 e. The van der Waals surface area contributed by atoms with Crippen molar-refractivity contribution >= 4 is 32.5 Å². The van der Waals surface area contributed by atoms with Crippen LogP contribution in [0.2, 0.25) is 0 Å². The van der Waals surface area contributed by atoms with Crippen LogP contribution < -0.4 is 20.3 Å². The summed E-state index contributed by atoms with van der Waals surface area (Å²) in [7, 11) is -0.980. The van der Waals surface area contributed by atoms with E-state index in [0.29, 0.717) is 27.6 Å². The van der Waals surface area contributed by atoms with E-state index in [2.05, 4.69) is 20.0 Å². The zero-order valence-electron chi connectivity index (χ0n) is 21.8. The molecule has 198 valence electrons. The van der Waals surface area contributed by atoms with Gasteiger partial charge in [-0.3, -0.25) is 18.9 Å². The van der Waals surface area contributed by atoms with Crippen molar-refractivity contribution in [2.45, 2.75) is 32.2 Å². The molecule has 0 bridgehead atoms. The molecule has 0 aliphatic rings. The molecule has 0 radical (unpaired) electrons. The van der Waals surface area contributed by atoms with Gasteiger partial charge in [-0.1, -0.05) is 25.1 Å². The molecule has 0 spiro atoms. The van der Waals surface area contributed by atoms with Crippen molar-refractivity contribution in [1.82, 2.24) is 19.9 Å². The van der Waals surface area contributed by atoms with Crippen molar-refractivity contribution in [3.8, 4) is 17.0 Å². The molecule has 0 saturated carbocycles. The summed E-state index contributed by atoms with van der Waals surface area (Å²) in [4.78, 5) is 33.9. The van der Waals surface area contributed by atoms with E-state index in [0.717, 1.165) is 5.56 Å². The first-order valence-corrected chi connectivity index (χ1v) is 13.4. The van der Waals surface area contributed by atoms with E-state index in [4.69, 9.17) is 4.74 Å². The summed E-state index contributed by atoms with van der Waals surface area (Å²) in [6, 6.07) is 12.0. The number of aromatic nitrogens is 3. The van der Waals surface area contributed by atoms with Gasteiger partial charge in [0.05, 0.1) is 35.2 Å². The lowest BCUT2D eigenvalue weighted by Gasteiger charge is -2.15. The van der Waals surface area contributed by atoms with Crippen molar-refractivity contribution < 1.29 is 17.9 Å². The van der Waals surface area contributed by atoms with Gasteiger partial charge in [0.25, 0.3) is 15.6 Å². The second-order valence-corrected chi connectivity index (χ2v) is 10.8. The highest BCUT2D eigenvalue weighted by Gasteiger charge is 2.21. The molecule has 0 fully saturated rings. The summed E-state index contributed by atoms with van der Waals surface area (Å²) in [5, 5.41) is 2.94. The van der Waals surface area contributed by atoms with E-state index in [9.17, 15) is 18.0 Å². The average molecular weight is 536 g/mol. The van der Waals surface area contributed by atoms with Crippen LogP contribution in [0.25, 0.3) is 22.0 Å². The van der Waals surface area contributed by atoms with Crippen molar-refractivity contribution in [2.75, 3.05) is 18.9 Å². The lowest BCUT2D eigenvalue weighted by Crippen LogP contribution is -2.32. The fraction of sp³-hybridized carbons (Fsp3) is 0.259. The summed E-state index contributed by atoms with van der Waals surface area (Å²) < 4.78 is 35.8. The molecule has 11 heteroatoms. The van der Waals surface area contributed by atoms with Crippen LogP contribution in [0.1, 0.15) is 18.1 Å². The quantitative estimate of drug-likeness (QED) is 0.354. The van der Waals surface area contributed by atoms with E-state index in [1.165, 1.54) is 24.2 Å². The summed E-state index contributed by atoms with van der Waals surface area (Å²) in [6.07, 6.45) is 2.97. The highest BCUT2D eigenvalue weighted by Crippen LogP contribution is 2.31. The van der Waals surface area contributed by atoms with Crippen LogP contribution in [0.5, 0.6) is 5.88 Å². The van der Waals surface area contributed by atoms with E-state index in [1.54, 1.807) is 57.3 Å². The fourth-order valence-corrected chi connectivity index (χ4v) is 5.51. The number of aryl methyl sites for hydroxylation is 2. The molecule has 0 aliphatic carbocycles. The minimum atomic E-state index is -3.93. The maximum absolute atomic E-state index is 13.2. The van der Waals surface area contributed by atoms with Crippen LogP contribution in [0.3, 0.4) is 0 Å². The van der Waals surface area contributed by atoms with Crippen molar-refractivity contribution in [2.24, 2.45) is 5.92 Å². The van der Waals surface area contributed by atoms with E-state index >= 15 is 0 Å². The first kappa shape index (κ1) is 26.8. The molecule has 2 heterocycles. The molecule has 38 heavy (non-hydrogen) atoms. The molecule has 4 aromatic rings. The van der Waals surface area contributed by atoms with Crippen LogP contribution in [0.15, 0.2) is 64.7 Å². The summed E-state index contributed by atoms with van der Waals surface area (Å²) in [5.41, 5.74) is 3.00. The molecule has 2 aromatic carbocycles. The Morgan fingerprint density at radius 2 is 1.84 bits per heavy atom. The van der Waals surface area contributed by atoms with Crippen molar-refractivity contribution in [1.29, 1.82) is 0 Å². The topological polar surface area (TPSA) is 132 Å². The van der Waals surface area contributed by atoms with Crippen molar-refractivity contribution in [3.63, 3.8) is 0 Å². The Bertz CT molecular complexity index is 1700. The first-order chi connectivity index (χ1) is 18.0. The number of methoxy groups -OCH3 is 1. The highest BCUT2D eigenvalue weighted by atomic mass is 32.2. The Kier molecular flexibility index (Phi) is 7.49. The summed E-state index contributed by atoms with van der Waals surface area (Å²) >= 11 is 0. The molecular weight excluding hydrogens is 506 g/mol. The number of sulfonamides is 1. The molecule has 1 atom stereocenters. The van der Waals surface area contributed by atoms with Crippen LogP contribution >= 0.6 is 0 Å². The fourth-order valence-electron chi connectivity index (χ4n) is 4.14. The van der Waals surface area contributed by atoms with Crippen LogP contribution in [0, 0.1) is 19.8 Å². The SMILES string of the molecule is CNC(=O)[C@@H](C)Cn1cnc2ccc(-c3cnc(OC)c(NS(=O)(=O)c4cc(C)ccc4C)c3)cc2c1=O. The minimum Gasteiger partial charge on any atom is -0.480 e. The number of benzene rings is 2. The van der Waals surface area contributed by atoms with Crippen LogP contribution in [-0.4, -0.2) is 43.0 Å². The van der Waals surface area contributed by atoms with Gasteiger partial charge in [0, 0.05) is 25.4 Å². The Hall–Kier alpha value is -4.25. The standard InChI is InChI=1S/C27H29N5O5S/c1-16-6-7-17(2)24(10-16)38(35,36)31-23-12-20(13-29-26(23)37-5)19-8-9-22-21(11-19)27(34)32(15-30-22)14-18(3)25(33)28-4/h6-13,15,18,31H,14H2,1-5H3,(H,28,33)/t18-/m0/s1. The Morgan fingerprint density at radius 1 is 1.08 bits per heavy atom. The van der Waals surface area contributed by atoms with E-state index in [-0.39, 0.29) is 34.5 Å². The number of ether oxygens (including phenoxy) is 1. The number of nitrogens with zero attached hydrogens (tertiary/aromatic N) is 3. The third kappa shape index (κ3) is 5.37. The van der Waals surface area contributed by atoms with Gasteiger partial charge in [-0.05, 0) is 54.8 Å². The molecule has 0 unspecified atom stereocenters. The minimum absolute atomic E-state index is 0.107. The predicted octanol–water partition coefficient (Wildman–Crippen LogP) is 3.27. The molecule has 0 aliphatic heterocycles. The zero-order valence-corrected chi connectivity index (χ0v) is 22.6. The smallest absolute Gasteiger partial charge is 0.262 e. The van der Waals surface area contributed by atoms with Gasteiger partial charge >= 0.3 is 0 Å².